The van der Waals surface area contributed by atoms with E-state index in [-0.39, 0.29) is 12.5 Å². The van der Waals surface area contributed by atoms with Crippen molar-refractivity contribution in [3.05, 3.63) is 46.8 Å². The first-order valence-electron chi connectivity index (χ1n) is 6.64. The van der Waals surface area contributed by atoms with Crippen LogP contribution in [0.4, 0.5) is 5.69 Å². The van der Waals surface area contributed by atoms with Gasteiger partial charge in [0.05, 0.1) is 11.3 Å². The fraction of sp³-hybridized carbons (Fsp3) is 0.267. The highest BCUT2D eigenvalue weighted by atomic mass is 16.5. The summed E-state index contributed by atoms with van der Waals surface area (Å²) < 4.78 is 10.2. The molecule has 1 aromatic heterocycles. The molecule has 0 saturated carbocycles. The van der Waals surface area contributed by atoms with Gasteiger partial charge in [-0.3, -0.25) is 4.79 Å². The van der Waals surface area contributed by atoms with Crippen molar-refractivity contribution in [2.24, 2.45) is 0 Å². The largest absolute Gasteiger partial charge is 0.454 e. The second-order valence-corrected chi connectivity index (χ2v) is 4.93. The number of hydrogen-bond donors (Lipinski definition) is 1. The lowest BCUT2D eigenvalue weighted by Crippen LogP contribution is -2.19. The van der Waals surface area contributed by atoms with Crippen LogP contribution in [0, 0.1) is 6.92 Å². The predicted molar refractivity (Wildman–Crippen MR) is 73.8 cm³/mol. The first-order valence-corrected chi connectivity index (χ1v) is 6.64. The Morgan fingerprint density at radius 3 is 3.00 bits per heavy atom. The lowest BCUT2D eigenvalue weighted by atomic mass is 10.0. The highest BCUT2D eigenvalue weighted by Gasteiger charge is 2.17. The van der Waals surface area contributed by atoms with Crippen LogP contribution in [0.25, 0.3) is 0 Å². The number of rotatable bonds is 3. The molecule has 1 aliphatic rings. The lowest BCUT2D eigenvalue weighted by Gasteiger charge is -2.17. The minimum absolute atomic E-state index is 0.00137. The first kappa shape index (κ1) is 13.4. The van der Waals surface area contributed by atoms with Crippen molar-refractivity contribution in [3.8, 4) is 0 Å². The number of nitrogens with zero attached hydrogens (tertiary/aromatic N) is 1. The zero-order chi connectivity index (χ0) is 14.8. The SMILES string of the molecule is Cc1cc(COC(=O)c2ccc3c(c2)CCC(=O)N3)on1. The van der Waals surface area contributed by atoms with E-state index in [0.29, 0.717) is 24.2 Å². The average molecular weight is 286 g/mol. The summed E-state index contributed by atoms with van der Waals surface area (Å²) in [7, 11) is 0. The fourth-order valence-electron chi connectivity index (χ4n) is 2.21. The Balaban J connectivity index is 1.69. The Morgan fingerprint density at radius 2 is 2.24 bits per heavy atom. The van der Waals surface area contributed by atoms with Crippen molar-refractivity contribution in [1.82, 2.24) is 5.16 Å². The van der Waals surface area contributed by atoms with Crippen LogP contribution < -0.4 is 5.32 Å². The standard InChI is InChI=1S/C15H14N2O4/c1-9-6-12(21-17-9)8-20-15(19)11-2-4-13-10(7-11)3-5-14(18)16-13/h2,4,6-7H,3,5,8H2,1H3,(H,16,18). The Bertz CT molecular complexity index is 705. The highest BCUT2D eigenvalue weighted by Crippen LogP contribution is 2.24. The molecule has 1 N–H and O–H groups in total. The third-order valence-electron chi connectivity index (χ3n) is 3.26. The number of anilines is 1. The molecule has 0 unspecified atom stereocenters. The molecule has 108 valence electrons. The number of benzene rings is 1. The van der Waals surface area contributed by atoms with Gasteiger partial charge in [0.1, 0.15) is 0 Å². The van der Waals surface area contributed by atoms with Crippen LogP contribution in [-0.4, -0.2) is 17.0 Å². The number of ether oxygens (including phenoxy) is 1. The molecule has 6 heteroatoms. The molecule has 2 heterocycles. The third kappa shape index (κ3) is 2.94. The predicted octanol–water partition coefficient (Wildman–Crippen LogP) is 2.22. The van der Waals surface area contributed by atoms with Gasteiger partial charge in [-0.2, -0.15) is 0 Å². The zero-order valence-electron chi connectivity index (χ0n) is 11.5. The summed E-state index contributed by atoms with van der Waals surface area (Å²) in [6, 6.07) is 6.83. The second-order valence-electron chi connectivity index (χ2n) is 4.93. The van der Waals surface area contributed by atoms with Gasteiger partial charge >= 0.3 is 5.97 Å². The molecule has 1 aliphatic heterocycles. The van der Waals surface area contributed by atoms with E-state index in [1.54, 1.807) is 31.2 Å². The summed E-state index contributed by atoms with van der Waals surface area (Å²) in [5, 5.41) is 6.50. The number of fused-ring (bicyclic) bond motifs is 1. The number of carbonyl (C=O) groups excluding carboxylic acids is 2. The van der Waals surface area contributed by atoms with Crippen LogP contribution in [0.2, 0.25) is 0 Å². The van der Waals surface area contributed by atoms with Crippen molar-refractivity contribution in [2.45, 2.75) is 26.4 Å². The fourth-order valence-corrected chi connectivity index (χ4v) is 2.21. The second kappa shape index (κ2) is 5.40. The van der Waals surface area contributed by atoms with Crippen LogP contribution in [0.5, 0.6) is 0 Å². The molecule has 0 saturated heterocycles. The normalized spacial score (nSPS) is 13.5. The van der Waals surface area contributed by atoms with E-state index < -0.39 is 5.97 Å². The summed E-state index contributed by atoms with van der Waals surface area (Å²) in [4.78, 5) is 23.3. The molecule has 2 aromatic rings. The van der Waals surface area contributed by atoms with Crippen molar-refractivity contribution in [2.75, 3.05) is 5.32 Å². The number of hydrogen-bond acceptors (Lipinski definition) is 5. The summed E-state index contributed by atoms with van der Waals surface area (Å²) in [6.45, 7) is 1.85. The number of carbonyl (C=O) groups is 2. The van der Waals surface area contributed by atoms with E-state index in [4.69, 9.17) is 9.26 Å². The van der Waals surface area contributed by atoms with Crippen LogP contribution in [0.1, 0.15) is 33.8 Å². The smallest absolute Gasteiger partial charge is 0.338 e. The molecular weight excluding hydrogens is 272 g/mol. The Kier molecular flexibility index (Phi) is 3.43. The van der Waals surface area contributed by atoms with Crippen molar-refractivity contribution >= 4 is 17.6 Å². The molecule has 0 aliphatic carbocycles. The van der Waals surface area contributed by atoms with Crippen molar-refractivity contribution in [1.29, 1.82) is 0 Å². The summed E-state index contributed by atoms with van der Waals surface area (Å²) in [5.41, 5.74) is 2.90. The molecule has 0 bridgehead atoms. The van der Waals surface area contributed by atoms with E-state index >= 15 is 0 Å². The molecule has 3 rings (SSSR count). The van der Waals surface area contributed by atoms with Gasteiger partial charge in [0.25, 0.3) is 0 Å². The molecular formula is C15H14N2O4. The zero-order valence-corrected chi connectivity index (χ0v) is 11.5. The van der Waals surface area contributed by atoms with Gasteiger partial charge in [-0.05, 0) is 37.1 Å². The lowest BCUT2D eigenvalue weighted by molar-refractivity contribution is -0.116. The average Bonchev–Trinajstić information content (AvgIpc) is 2.90. The maximum absolute atomic E-state index is 12.0. The first-order chi connectivity index (χ1) is 10.1. The number of aryl methyl sites for hydroxylation is 2. The summed E-state index contributed by atoms with van der Waals surface area (Å²) in [5.74, 6) is 0.0772. The van der Waals surface area contributed by atoms with Crippen LogP contribution in [0.15, 0.2) is 28.8 Å². The molecule has 0 spiro atoms. The van der Waals surface area contributed by atoms with Crippen LogP contribution >= 0.6 is 0 Å². The van der Waals surface area contributed by atoms with Gasteiger partial charge in [0, 0.05) is 18.2 Å². The number of aromatic nitrogens is 1. The number of esters is 1. The highest BCUT2D eigenvalue weighted by molar-refractivity contribution is 5.96. The summed E-state index contributed by atoms with van der Waals surface area (Å²) in [6.07, 6.45) is 1.06. The topological polar surface area (TPSA) is 81.4 Å². The quantitative estimate of drug-likeness (QED) is 0.875. The summed E-state index contributed by atoms with van der Waals surface area (Å²) >= 11 is 0. The van der Waals surface area contributed by atoms with Gasteiger partial charge in [0.2, 0.25) is 5.91 Å². The van der Waals surface area contributed by atoms with Crippen molar-refractivity contribution in [3.63, 3.8) is 0 Å². The van der Waals surface area contributed by atoms with Crippen molar-refractivity contribution < 1.29 is 18.8 Å². The van der Waals surface area contributed by atoms with E-state index in [0.717, 1.165) is 16.9 Å². The van der Waals surface area contributed by atoms with Gasteiger partial charge < -0.3 is 14.6 Å². The van der Waals surface area contributed by atoms with Crippen LogP contribution in [-0.2, 0) is 22.6 Å². The van der Waals surface area contributed by atoms with E-state index in [1.807, 2.05) is 0 Å². The van der Waals surface area contributed by atoms with E-state index in [1.165, 1.54) is 0 Å². The maximum Gasteiger partial charge on any atom is 0.338 e. The molecule has 0 fully saturated rings. The molecule has 1 aromatic carbocycles. The van der Waals surface area contributed by atoms with Gasteiger partial charge in [-0.15, -0.1) is 0 Å². The Morgan fingerprint density at radius 1 is 1.38 bits per heavy atom. The maximum atomic E-state index is 12.0. The van der Waals surface area contributed by atoms with Gasteiger partial charge in [-0.25, -0.2) is 4.79 Å². The van der Waals surface area contributed by atoms with E-state index in [2.05, 4.69) is 10.5 Å². The molecule has 6 nitrogen and oxygen atoms in total. The van der Waals surface area contributed by atoms with Crippen LogP contribution in [0.3, 0.4) is 0 Å². The molecule has 21 heavy (non-hydrogen) atoms. The Hall–Kier alpha value is -2.63. The monoisotopic (exact) mass is 286 g/mol. The molecule has 1 amide bonds. The molecule has 0 radical (unpaired) electrons. The molecule has 0 atom stereocenters. The Labute approximate surface area is 121 Å². The van der Waals surface area contributed by atoms with Gasteiger partial charge in [-0.1, -0.05) is 5.16 Å². The third-order valence-corrected chi connectivity index (χ3v) is 3.26. The van der Waals surface area contributed by atoms with E-state index in [9.17, 15) is 9.59 Å². The number of amides is 1. The number of nitrogens with one attached hydrogen (secondary N) is 1. The minimum atomic E-state index is -0.427. The minimum Gasteiger partial charge on any atom is -0.454 e. The van der Waals surface area contributed by atoms with Gasteiger partial charge in [0.15, 0.2) is 12.4 Å².